The van der Waals surface area contributed by atoms with E-state index < -0.39 is 0 Å². The molecule has 5 heteroatoms. The van der Waals surface area contributed by atoms with E-state index in [0.717, 1.165) is 30.9 Å². The molecule has 5 nitrogen and oxygen atoms in total. The molecule has 1 atom stereocenters. The van der Waals surface area contributed by atoms with E-state index in [4.69, 9.17) is 0 Å². The van der Waals surface area contributed by atoms with Crippen molar-refractivity contribution in [3.05, 3.63) is 34.9 Å². The Bertz CT molecular complexity index is 567. The molecule has 0 radical (unpaired) electrons. The van der Waals surface area contributed by atoms with E-state index in [9.17, 15) is 0 Å². The fourth-order valence-electron chi connectivity index (χ4n) is 2.76. The number of rotatable bonds is 6. The number of aryl methyl sites for hydroxylation is 3. The Labute approximate surface area is 121 Å². The van der Waals surface area contributed by atoms with Crippen LogP contribution in [0.3, 0.4) is 0 Å². The Hall–Kier alpha value is -1.62. The van der Waals surface area contributed by atoms with Crippen molar-refractivity contribution in [2.75, 3.05) is 6.54 Å². The molecule has 0 amide bonds. The van der Waals surface area contributed by atoms with Crippen molar-refractivity contribution in [1.82, 2.24) is 24.9 Å². The van der Waals surface area contributed by atoms with Gasteiger partial charge in [-0.15, -0.1) is 0 Å². The standard InChI is InChI=1S/C15H25N5/c1-6-20-13(4)15(12(3)17-20)11(2)16-9-7-14-8-10-19(5)18-14/h8,10-11,16H,6-7,9H2,1-5H3. The number of nitrogens with one attached hydrogen (secondary N) is 1. The van der Waals surface area contributed by atoms with E-state index in [1.165, 1.54) is 11.3 Å². The van der Waals surface area contributed by atoms with Gasteiger partial charge in [0.1, 0.15) is 0 Å². The van der Waals surface area contributed by atoms with Crippen molar-refractivity contribution in [2.45, 2.75) is 46.7 Å². The first-order chi connectivity index (χ1) is 9.52. The van der Waals surface area contributed by atoms with Gasteiger partial charge in [0, 0.05) is 50.1 Å². The molecule has 0 aliphatic rings. The van der Waals surface area contributed by atoms with Crippen LogP contribution in [0.2, 0.25) is 0 Å². The second-order valence-corrected chi connectivity index (χ2v) is 5.31. The summed E-state index contributed by atoms with van der Waals surface area (Å²) < 4.78 is 3.92. The zero-order chi connectivity index (χ0) is 14.7. The summed E-state index contributed by atoms with van der Waals surface area (Å²) >= 11 is 0. The van der Waals surface area contributed by atoms with Gasteiger partial charge in [-0.3, -0.25) is 9.36 Å². The molecule has 0 saturated heterocycles. The Kier molecular flexibility index (Phi) is 4.60. The normalized spacial score (nSPS) is 12.8. The summed E-state index contributed by atoms with van der Waals surface area (Å²) in [5.41, 5.74) is 4.85. The highest BCUT2D eigenvalue weighted by atomic mass is 15.3. The average Bonchev–Trinajstić information content (AvgIpc) is 2.93. The molecule has 1 unspecified atom stereocenters. The molecule has 0 fully saturated rings. The zero-order valence-electron chi connectivity index (χ0n) is 13.1. The lowest BCUT2D eigenvalue weighted by atomic mass is 10.1. The van der Waals surface area contributed by atoms with E-state index >= 15 is 0 Å². The van der Waals surface area contributed by atoms with Crippen LogP contribution in [0.5, 0.6) is 0 Å². The molecule has 0 spiro atoms. The predicted molar refractivity (Wildman–Crippen MR) is 80.7 cm³/mol. The Morgan fingerprint density at radius 2 is 2.05 bits per heavy atom. The Morgan fingerprint density at radius 1 is 1.30 bits per heavy atom. The van der Waals surface area contributed by atoms with E-state index in [1.54, 1.807) is 0 Å². The molecule has 2 heterocycles. The number of aromatic nitrogens is 4. The summed E-state index contributed by atoms with van der Waals surface area (Å²) in [6, 6.07) is 2.39. The largest absolute Gasteiger partial charge is 0.310 e. The van der Waals surface area contributed by atoms with Crippen LogP contribution in [-0.4, -0.2) is 26.1 Å². The van der Waals surface area contributed by atoms with Gasteiger partial charge < -0.3 is 5.32 Å². The van der Waals surface area contributed by atoms with Crippen LogP contribution in [0.15, 0.2) is 12.3 Å². The topological polar surface area (TPSA) is 47.7 Å². The van der Waals surface area contributed by atoms with Crippen LogP contribution >= 0.6 is 0 Å². The van der Waals surface area contributed by atoms with Crippen molar-refractivity contribution in [3.8, 4) is 0 Å². The van der Waals surface area contributed by atoms with Crippen LogP contribution < -0.4 is 5.32 Å². The maximum absolute atomic E-state index is 4.58. The lowest BCUT2D eigenvalue weighted by Gasteiger charge is -2.14. The Balaban J connectivity index is 1.95. The van der Waals surface area contributed by atoms with Crippen LogP contribution in [0.4, 0.5) is 0 Å². The highest BCUT2D eigenvalue weighted by Gasteiger charge is 2.16. The molecule has 110 valence electrons. The predicted octanol–water partition coefficient (Wildman–Crippen LogP) is 2.15. The zero-order valence-corrected chi connectivity index (χ0v) is 13.1. The van der Waals surface area contributed by atoms with Crippen LogP contribution in [0.1, 0.15) is 42.5 Å². The fourth-order valence-corrected chi connectivity index (χ4v) is 2.76. The van der Waals surface area contributed by atoms with E-state index in [0.29, 0.717) is 6.04 Å². The minimum absolute atomic E-state index is 0.319. The molecule has 0 aromatic carbocycles. The van der Waals surface area contributed by atoms with Crippen molar-refractivity contribution in [2.24, 2.45) is 7.05 Å². The van der Waals surface area contributed by atoms with Gasteiger partial charge in [-0.2, -0.15) is 10.2 Å². The summed E-state index contributed by atoms with van der Waals surface area (Å²) in [4.78, 5) is 0. The third-order valence-electron chi connectivity index (χ3n) is 3.77. The summed E-state index contributed by atoms with van der Waals surface area (Å²) in [5, 5.41) is 12.5. The van der Waals surface area contributed by atoms with Gasteiger partial charge in [-0.1, -0.05) is 0 Å². The minimum Gasteiger partial charge on any atom is -0.310 e. The summed E-state index contributed by atoms with van der Waals surface area (Å²) in [6.45, 7) is 10.4. The van der Waals surface area contributed by atoms with Crippen molar-refractivity contribution >= 4 is 0 Å². The van der Waals surface area contributed by atoms with Gasteiger partial charge >= 0.3 is 0 Å². The van der Waals surface area contributed by atoms with Crippen molar-refractivity contribution in [1.29, 1.82) is 0 Å². The highest BCUT2D eigenvalue weighted by molar-refractivity contribution is 5.27. The molecule has 0 aliphatic carbocycles. The van der Waals surface area contributed by atoms with Gasteiger partial charge in [-0.25, -0.2) is 0 Å². The van der Waals surface area contributed by atoms with Crippen molar-refractivity contribution < 1.29 is 0 Å². The molecule has 2 aromatic rings. The first-order valence-electron chi connectivity index (χ1n) is 7.28. The van der Waals surface area contributed by atoms with Gasteiger partial charge in [0.2, 0.25) is 0 Å². The van der Waals surface area contributed by atoms with Crippen LogP contribution in [-0.2, 0) is 20.0 Å². The monoisotopic (exact) mass is 275 g/mol. The molecule has 0 aliphatic heterocycles. The first kappa shape index (κ1) is 14.8. The fraction of sp³-hybridized carbons (Fsp3) is 0.600. The molecule has 2 rings (SSSR count). The van der Waals surface area contributed by atoms with E-state index in [-0.39, 0.29) is 0 Å². The third-order valence-corrected chi connectivity index (χ3v) is 3.77. The van der Waals surface area contributed by atoms with Gasteiger partial charge in [0.25, 0.3) is 0 Å². The minimum atomic E-state index is 0.319. The molecule has 1 N–H and O–H groups in total. The SMILES string of the molecule is CCn1nc(C)c(C(C)NCCc2ccn(C)n2)c1C. The van der Waals surface area contributed by atoms with Gasteiger partial charge in [0.15, 0.2) is 0 Å². The van der Waals surface area contributed by atoms with Crippen LogP contribution in [0.25, 0.3) is 0 Å². The van der Waals surface area contributed by atoms with E-state index in [1.807, 2.05) is 17.9 Å². The molecular formula is C15H25N5. The maximum atomic E-state index is 4.58. The third kappa shape index (κ3) is 3.10. The number of nitrogens with zero attached hydrogens (tertiary/aromatic N) is 4. The smallest absolute Gasteiger partial charge is 0.0644 e. The highest BCUT2D eigenvalue weighted by Crippen LogP contribution is 2.21. The second kappa shape index (κ2) is 6.22. The maximum Gasteiger partial charge on any atom is 0.0644 e. The number of hydrogen-bond donors (Lipinski definition) is 1. The molecule has 0 bridgehead atoms. The van der Waals surface area contributed by atoms with Crippen molar-refractivity contribution in [3.63, 3.8) is 0 Å². The summed E-state index contributed by atoms with van der Waals surface area (Å²) in [5.74, 6) is 0. The second-order valence-electron chi connectivity index (χ2n) is 5.31. The van der Waals surface area contributed by atoms with E-state index in [2.05, 4.69) is 54.0 Å². The molecule has 20 heavy (non-hydrogen) atoms. The molecule has 2 aromatic heterocycles. The summed E-state index contributed by atoms with van der Waals surface area (Å²) in [7, 11) is 1.95. The lowest BCUT2D eigenvalue weighted by molar-refractivity contribution is 0.563. The average molecular weight is 275 g/mol. The molecular weight excluding hydrogens is 250 g/mol. The number of hydrogen-bond acceptors (Lipinski definition) is 3. The van der Waals surface area contributed by atoms with Gasteiger partial charge in [0.05, 0.1) is 11.4 Å². The summed E-state index contributed by atoms with van der Waals surface area (Å²) in [6.07, 6.45) is 2.93. The van der Waals surface area contributed by atoms with Crippen LogP contribution in [0, 0.1) is 13.8 Å². The molecule has 0 saturated carbocycles. The Morgan fingerprint density at radius 3 is 2.60 bits per heavy atom. The lowest BCUT2D eigenvalue weighted by Crippen LogP contribution is -2.22. The first-order valence-corrected chi connectivity index (χ1v) is 7.28. The quantitative estimate of drug-likeness (QED) is 0.878. The van der Waals surface area contributed by atoms with Gasteiger partial charge in [-0.05, 0) is 33.8 Å².